The summed E-state index contributed by atoms with van der Waals surface area (Å²) >= 11 is 9.37. The highest BCUT2D eigenvalue weighted by Crippen LogP contribution is 2.37. The molecule has 0 fully saturated rings. The normalized spacial score (nSPS) is 10.7. The van der Waals surface area contributed by atoms with Gasteiger partial charge in [-0.2, -0.15) is 5.26 Å². The summed E-state index contributed by atoms with van der Waals surface area (Å²) in [7, 11) is 2.68. The Balaban J connectivity index is 2.29. The number of carbonyl (C=O) groups excluding carboxylic acids is 2. The topological polar surface area (TPSA) is 97.7 Å². The minimum atomic E-state index is -0.610. The molecule has 0 aliphatic carbocycles. The molecular formula is C20H16BrClN2O5. The van der Waals surface area contributed by atoms with E-state index in [1.54, 1.807) is 36.4 Å². The van der Waals surface area contributed by atoms with E-state index in [-0.39, 0.29) is 17.9 Å². The Hall–Kier alpha value is -3.02. The van der Waals surface area contributed by atoms with Gasteiger partial charge in [-0.1, -0.05) is 23.7 Å². The van der Waals surface area contributed by atoms with Crippen LogP contribution in [0.4, 0.5) is 5.69 Å². The molecule has 0 unspecified atom stereocenters. The molecule has 150 valence electrons. The fourth-order valence-corrected chi connectivity index (χ4v) is 2.98. The summed E-state index contributed by atoms with van der Waals surface area (Å²) in [5.41, 5.74) is 0.762. The van der Waals surface area contributed by atoms with Gasteiger partial charge in [0.15, 0.2) is 18.1 Å². The lowest BCUT2D eigenvalue weighted by Gasteiger charge is -2.13. The number of methoxy groups -OCH3 is 2. The molecule has 0 aliphatic rings. The van der Waals surface area contributed by atoms with Gasteiger partial charge in [0.1, 0.15) is 11.6 Å². The quantitative estimate of drug-likeness (QED) is 0.363. The Kier molecular flexibility index (Phi) is 8.07. The number of nitrogens with one attached hydrogen (secondary N) is 1. The highest BCUT2D eigenvalue weighted by molar-refractivity contribution is 9.10. The van der Waals surface area contributed by atoms with E-state index in [2.05, 4.69) is 26.0 Å². The number of rotatable bonds is 7. The fraction of sp³-hybridized carbons (Fsp3) is 0.150. The average Bonchev–Trinajstić information content (AvgIpc) is 2.72. The van der Waals surface area contributed by atoms with Crippen LogP contribution in [0.3, 0.4) is 0 Å². The van der Waals surface area contributed by atoms with Gasteiger partial charge in [-0.15, -0.1) is 0 Å². The number of nitrogens with zero attached hydrogens (tertiary/aromatic N) is 1. The first-order valence-electron chi connectivity index (χ1n) is 8.14. The Morgan fingerprint density at radius 2 is 2.00 bits per heavy atom. The van der Waals surface area contributed by atoms with E-state index in [1.807, 2.05) is 6.07 Å². The second kappa shape index (κ2) is 10.5. The lowest BCUT2D eigenvalue weighted by atomic mass is 10.1. The van der Waals surface area contributed by atoms with E-state index in [4.69, 9.17) is 21.1 Å². The Morgan fingerprint density at radius 3 is 2.62 bits per heavy atom. The zero-order chi connectivity index (χ0) is 21.4. The maximum Gasteiger partial charge on any atom is 0.343 e. The summed E-state index contributed by atoms with van der Waals surface area (Å²) < 4.78 is 15.7. The molecule has 2 aromatic rings. The lowest BCUT2D eigenvalue weighted by Crippen LogP contribution is -2.14. The van der Waals surface area contributed by atoms with Gasteiger partial charge >= 0.3 is 5.97 Å². The Morgan fingerprint density at radius 1 is 1.28 bits per heavy atom. The van der Waals surface area contributed by atoms with Crippen LogP contribution in [0, 0.1) is 11.3 Å². The number of ether oxygens (including phenoxy) is 3. The number of esters is 1. The molecule has 0 aromatic heterocycles. The first kappa shape index (κ1) is 22.3. The van der Waals surface area contributed by atoms with Crippen LogP contribution in [0.15, 0.2) is 46.4 Å². The van der Waals surface area contributed by atoms with Gasteiger partial charge in [-0.3, -0.25) is 4.79 Å². The highest BCUT2D eigenvalue weighted by atomic mass is 79.9. The number of carbonyl (C=O) groups is 2. The number of hydrogen-bond acceptors (Lipinski definition) is 6. The Bertz CT molecular complexity index is 1000. The lowest BCUT2D eigenvalue weighted by molar-refractivity contribution is -0.142. The molecule has 7 nitrogen and oxygen atoms in total. The summed E-state index contributed by atoms with van der Waals surface area (Å²) in [6.45, 7) is -0.301. The largest absolute Gasteiger partial charge is 0.493 e. The van der Waals surface area contributed by atoms with E-state index in [0.29, 0.717) is 26.5 Å². The van der Waals surface area contributed by atoms with Gasteiger partial charge in [0.25, 0.3) is 5.91 Å². The van der Waals surface area contributed by atoms with Gasteiger partial charge in [-0.25, -0.2) is 4.79 Å². The van der Waals surface area contributed by atoms with Crippen molar-refractivity contribution in [2.75, 3.05) is 26.1 Å². The molecule has 0 saturated carbocycles. The van der Waals surface area contributed by atoms with Crippen LogP contribution in [0.1, 0.15) is 5.56 Å². The minimum absolute atomic E-state index is 0.137. The third-order valence-electron chi connectivity index (χ3n) is 3.61. The van der Waals surface area contributed by atoms with Crippen molar-refractivity contribution in [3.63, 3.8) is 0 Å². The van der Waals surface area contributed by atoms with E-state index in [1.165, 1.54) is 20.3 Å². The van der Waals surface area contributed by atoms with Crippen LogP contribution in [0.5, 0.6) is 11.5 Å². The molecule has 0 spiro atoms. The SMILES string of the molecule is COC(=O)COc1c(Br)cc(/C=C(\C#N)C(=O)Nc2ccccc2Cl)cc1OC. The highest BCUT2D eigenvalue weighted by Gasteiger charge is 2.15. The standard InChI is InChI=1S/C20H16BrClN2O5/c1-27-17-9-12(8-14(21)19(17)29-11-18(25)28-2)7-13(10-23)20(26)24-16-6-4-3-5-15(16)22/h3-9H,11H2,1-2H3,(H,24,26)/b13-7+. The molecule has 1 N–H and O–H groups in total. The van der Waals surface area contributed by atoms with Crippen molar-refractivity contribution in [2.45, 2.75) is 0 Å². The van der Waals surface area contributed by atoms with Crippen LogP contribution in [-0.4, -0.2) is 32.7 Å². The average molecular weight is 480 g/mol. The third kappa shape index (κ3) is 5.98. The van der Waals surface area contributed by atoms with Crippen molar-refractivity contribution in [3.05, 3.63) is 57.0 Å². The van der Waals surface area contributed by atoms with Gasteiger partial charge in [-0.05, 0) is 51.8 Å². The van der Waals surface area contributed by atoms with Gasteiger partial charge < -0.3 is 19.5 Å². The predicted molar refractivity (Wildman–Crippen MR) is 112 cm³/mol. The summed E-state index contributed by atoms with van der Waals surface area (Å²) in [5, 5.41) is 12.3. The molecule has 0 saturated heterocycles. The van der Waals surface area contributed by atoms with Crippen LogP contribution < -0.4 is 14.8 Å². The number of nitriles is 1. The minimum Gasteiger partial charge on any atom is -0.493 e. The summed E-state index contributed by atoms with van der Waals surface area (Å²) in [6, 6.07) is 11.8. The molecule has 0 radical (unpaired) electrons. The molecule has 0 bridgehead atoms. The van der Waals surface area contributed by atoms with Crippen LogP contribution >= 0.6 is 27.5 Å². The summed E-state index contributed by atoms with van der Waals surface area (Å²) in [5.74, 6) is -0.569. The molecule has 9 heteroatoms. The third-order valence-corrected chi connectivity index (χ3v) is 4.53. The Labute approximate surface area is 180 Å². The molecule has 2 aromatic carbocycles. The van der Waals surface area contributed by atoms with Crippen molar-refractivity contribution in [1.29, 1.82) is 5.26 Å². The number of anilines is 1. The second-order valence-electron chi connectivity index (χ2n) is 5.50. The number of amides is 1. The van der Waals surface area contributed by atoms with E-state index in [9.17, 15) is 14.9 Å². The van der Waals surface area contributed by atoms with Gasteiger partial charge in [0, 0.05) is 0 Å². The zero-order valence-corrected chi connectivity index (χ0v) is 17.8. The van der Waals surface area contributed by atoms with Crippen LogP contribution in [0.25, 0.3) is 6.08 Å². The van der Waals surface area contributed by atoms with Crippen molar-refractivity contribution < 1.29 is 23.8 Å². The van der Waals surface area contributed by atoms with E-state index < -0.39 is 11.9 Å². The van der Waals surface area contributed by atoms with E-state index in [0.717, 1.165) is 0 Å². The smallest absolute Gasteiger partial charge is 0.343 e. The molecular weight excluding hydrogens is 464 g/mol. The van der Waals surface area contributed by atoms with Crippen molar-refractivity contribution in [2.24, 2.45) is 0 Å². The molecule has 2 rings (SSSR count). The summed E-state index contributed by atoms with van der Waals surface area (Å²) in [4.78, 5) is 23.7. The number of benzene rings is 2. The first-order valence-corrected chi connectivity index (χ1v) is 9.31. The van der Waals surface area contributed by atoms with E-state index >= 15 is 0 Å². The van der Waals surface area contributed by atoms with Crippen LogP contribution in [0.2, 0.25) is 5.02 Å². The van der Waals surface area contributed by atoms with Crippen LogP contribution in [-0.2, 0) is 14.3 Å². The van der Waals surface area contributed by atoms with Gasteiger partial charge in [0.05, 0.1) is 29.4 Å². The molecule has 29 heavy (non-hydrogen) atoms. The first-order chi connectivity index (χ1) is 13.9. The molecule has 0 heterocycles. The fourth-order valence-electron chi connectivity index (χ4n) is 2.22. The zero-order valence-electron chi connectivity index (χ0n) is 15.5. The van der Waals surface area contributed by atoms with Gasteiger partial charge in [0.2, 0.25) is 0 Å². The van der Waals surface area contributed by atoms with Crippen molar-refractivity contribution in [3.8, 4) is 17.6 Å². The second-order valence-corrected chi connectivity index (χ2v) is 6.76. The van der Waals surface area contributed by atoms with Crippen molar-refractivity contribution in [1.82, 2.24) is 0 Å². The summed E-state index contributed by atoms with van der Waals surface area (Å²) in [6.07, 6.45) is 1.39. The molecule has 0 aliphatic heterocycles. The number of hydrogen-bond donors (Lipinski definition) is 1. The predicted octanol–water partition coefficient (Wildman–Crippen LogP) is 4.21. The maximum atomic E-state index is 12.4. The molecule has 1 amide bonds. The number of para-hydroxylation sites is 1. The monoisotopic (exact) mass is 478 g/mol. The molecule has 0 atom stereocenters. The number of halogens is 2. The maximum absolute atomic E-state index is 12.4. The van der Waals surface area contributed by atoms with Crippen molar-refractivity contribution >= 4 is 51.2 Å².